The lowest BCUT2D eigenvalue weighted by Gasteiger charge is -2.18. The highest BCUT2D eigenvalue weighted by Crippen LogP contribution is 2.13. The average Bonchev–Trinajstić information content (AvgIpc) is 3.28. The summed E-state index contributed by atoms with van der Waals surface area (Å²) in [6, 6.07) is 0. The van der Waals surface area contributed by atoms with E-state index in [1.165, 1.54) is 44.9 Å². The molecule has 0 fully saturated rings. The summed E-state index contributed by atoms with van der Waals surface area (Å²) < 4.78 is 16.7. The lowest BCUT2D eigenvalue weighted by molar-refractivity contribution is -0.167. The van der Waals surface area contributed by atoms with E-state index in [1.807, 2.05) is 30.4 Å². The van der Waals surface area contributed by atoms with Crippen molar-refractivity contribution in [2.75, 3.05) is 13.2 Å². The van der Waals surface area contributed by atoms with E-state index in [0.717, 1.165) is 128 Å². The van der Waals surface area contributed by atoms with E-state index in [4.69, 9.17) is 14.2 Å². The average molecular weight is 873 g/mol. The highest BCUT2D eigenvalue weighted by Gasteiger charge is 2.19. The Labute approximate surface area is 387 Å². The maximum absolute atomic E-state index is 12.8. The molecule has 0 amide bonds. The molecule has 0 spiro atoms. The molecule has 6 heteroatoms. The number of allylic oxidation sites excluding steroid dienone is 18. The van der Waals surface area contributed by atoms with Crippen LogP contribution in [0.15, 0.2) is 109 Å². The fourth-order valence-electron chi connectivity index (χ4n) is 6.52. The van der Waals surface area contributed by atoms with Gasteiger partial charge < -0.3 is 14.2 Å². The first-order valence-electron chi connectivity index (χ1n) is 25.5. The van der Waals surface area contributed by atoms with Gasteiger partial charge in [-0.05, 0) is 89.9 Å². The zero-order chi connectivity index (χ0) is 45.8. The Balaban J connectivity index is 4.47. The van der Waals surface area contributed by atoms with E-state index in [0.29, 0.717) is 19.3 Å². The Kier molecular flexibility index (Phi) is 47.5. The van der Waals surface area contributed by atoms with Crippen LogP contribution < -0.4 is 0 Å². The summed E-state index contributed by atoms with van der Waals surface area (Å²) in [5.74, 6) is -0.953. The van der Waals surface area contributed by atoms with Crippen molar-refractivity contribution in [3.63, 3.8) is 0 Å². The largest absolute Gasteiger partial charge is 0.462 e. The Morgan fingerprint density at radius 3 is 1.19 bits per heavy atom. The van der Waals surface area contributed by atoms with Crippen LogP contribution in [0.5, 0.6) is 0 Å². The van der Waals surface area contributed by atoms with Crippen LogP contribution in [0.4, 0.5) is 0 Å². The number of ether oxygens (including phenoxy) is 3. The van der Waals surface area contributed by atoms with Crippen molar-refractivity contribution >= 4 is 17.9 Å². The molecular weight excluding hydrogens is 781 g/mol. The molecule has 0 aliphatic carbocycles. The van der Waals surface area contributed by atoms with Crippen molar-refractivity contribution in [1.82, 2.24) is 0 Å². The van der Waals surface area contributed by atoms with Gasteiger partial charge in [0, 0.05) is 19.3 Å². The molecule has 0 radical (unpaired) electrons. The zero-order valence-corrected chi connectivity index (χ0v) is 40.5. The van der Waals surface area contributed by atoms with Crippen LogP contribution in [0, 0.1) is 0 Å². The SMILES string of the molecule is CC/C=C\C/C=C\C/C=C\CCCCCCCCC(=O)OC(COC(=O)CCCCCCC\C=C/C=C\C=C/C=C\C=C/CCC)COC(=O)CCCCCCC/C=C\CCCC. The van der Waals surface area contributed by atoms with Crippen LogP contribution in [0.1, 0.15) is 213 Å². The molecule has 0 bridgehead atoms. The number of rotatable bonds is 44. The highest BCUT2D eigenvalue weighted by molar-refractivity contribution is 5.71. The Morgan fingerprint density at radius 1 is 0.349 bits per heavy atom. The maximum Gasteiger partial charge on any atom is 0.306 e. The molecule has 1 unspecified atom stereocenters. The predicted molar refractivity (Wildman–Crippen MR) is 270 cm³/mol. The minimum Gasteiger partial charge on any atom is -0.462 e. The fraction of sp³-hybridized carbons (Fsp3) is 0.632. The smallest absolute Gasteiger partial charge is 0.306 e. The molecule has 0 aliphatic rings. The Morgan fingerprint density at radius 2 is 0.714 bits per heavy atom. The first-order chi connectivity index (χ1) is 31.0. The summed E-state index contributed by atoms with van der Waals surface area (Å²) in [6.07, 6.45) is 67.7. The van der Waals surface area contributed by atoms with Gasteiger partial charge in [-0.15, -0.1) is 0 Å². The van der Waals surface area contributed by atoms with Crippen molar-refractivity contribution in [3.8, 4) is 0 Å². The monoisotopic (exact) mass is 873 g/mol. The molecule has 0 aromatic rings. The number of unbranched alkanes of at least 4 members (excludes halogenated alkanes) is 19. The van der Waals surface area contributed by atoms with Gasteiger partial charge in [0.25, 0.3) is 0 Å². The lowest BCUT2D eigenvalue weighted by Crippen LogP contribution is -2.30. The molecule has 0 aliphatic heterocycles. The van der Waals surface area contributed by atoms with Crippen molar-refractivity contribution in [2.45, 2.75) is 219 Å². The third kappa shape index (κ3) is 49.0. The van der Waals surface area contributed by atoms with Crippen LogP contribution in [0.3, 0.4) is 0 Å². The molecular formula is C57H92O6. The molecule has 0 aromatic heterocycles. The number of esters is 3. The Bertz CT molecular complexity index is 1330. The van der Waals surface area contributed by atoms with Gasteiger partial charge in [0.15, 0.2) is 6.10 Å². The van der Waals surface area contributed by atoms with Crippen molar-refractivity contribution in [1.29, 1.82) is 0 Å². The normalized spacial score (nSPS) is 13.0. The van der Waals surface area contributed by atoms with Crippen LogP contribution >= 0.6 is 0 Å². The zero-order valence-electron chi connectivity index (χ0n) is 40.5. The number of carbonyl (C=O) groups excluding carboxylic acids is 3. The number of carbonyl (C=O) groups is 3. The standard InChI is InChI=1S/C57H92O6/c1-4-7-10-13-16-19-22-24-26-28-29-31-32-35-38-41-44-47-50-56(59)62-53-54(52-61-55(58)49-46-43-40-37-34-21-18-15-12-9-6-3)63-57(60)51-48-45-42-39-36-33-30-27-25-23-20-17-14-11-8-5-2/h8,10-11,13,15-20,22,24-29,31,54H,4-7,9,12,14,21,23,30,32-53H2,1-3H3/b11-8-,13-10-,18-15-,19-16-,20-17-,24-22-,27-25-,28-26-,31-29-. The van der Waals surface area contributed by atoms with E-state index in [-0.39, 0.29) is 31.1 Å². The molecule has 0 N–H and O–H groups in total. The van der Waals surface area contributed by atoms with E-state index < -0.39 is 6.10 Å². The molecule has 0 aromatic carbocycles. The minimum absolute atomic E-state index is 0.0987. The lowest BCUT2D eigenvalue weighted by atomic mass is 10.1. The molecule has 0 rings (SSSR count). The summed E-state index contributed by atoms with van der Waals surface area (Å²) in [5.41, 5.74) is 0. The summed E-state index contributed by atoms with van der Waals surface area (Å²) >= 11 is 0. The van der Waals surface area contributed by atoms with Gasteiger partial charge in [-0.1, -0.05) is 214 Å². The summed E-state index contributed by atoms with van der Waals surface area (Å²) in [5, 5.41) is 0. The van der Waals surface area contributed by atoms with Crippen molar-refractivity contribution < 1.29 is 28.6 Å². The van der Waals surface area contributed by atoms with Gasteiger partial charge in [0.05, 0.1) is 0 Å². The second-order valence-corrected chi connectivity index (χ2v) is 16.5. The van der Waals surface area contributed by atoms with E-state index in [2.05, 4.69) is 99.8 Å². The van der Waals surface area contributed by atoms with E-state index >= 15 is 0 Å². The van der Waals surface area contributed by atoms with Gasteiger partial charge in [-0.25, -0.2) is 0 Å². The maximum atomic E-state index is 12.8. The third-order valence-electron chi connectivity index (χ3n) is 10.3. The van der Waals surface area contributed by atoms with Crippen molar-refractivity contribution in [3.05, 3.63) is 109 Å². The first kappa shape index (κ1) is 59.1. The second kappa shape index (κ2) is 50.7. The molecule has 0 saturated carbocycles. The van der Waals surface area contributed by atoms with E-state index in [1.54, 1.807) is 0 Å². The van der Waals surface area contributed by atoms with E-state index in [9.17, 15) is 14.4 Å². The van der Waals surface area contributed by atoms with Crippen molar-refractivity contribution in [2.24, 2.45) is 0 Å². The predicted octanol–water partition coefficient (Wildman–Crippen LogP) is 16.8. The highest BCUT2D eigenvalue weighted by atomic mass is 16.6. The summed E-state index contributed by atoms with van der Waals surface area (Å²) in [4.78, 5) is 38.0. The van der Waals surface area contributed by atoms with Crippen LogP contribution in [-0.4, -0.2) is 37.2 Å². The molecule has 0 heterocycles. The van der Waals surface area contributed by atoms with Gasteiger partial charge in [0.1, 0.15) is 13.2 Å². The van der Waals surface area contributed by atoms with Crippen LogP contribution in [-0.2, 0) is 28.6 Å². The van der Waals surface area contributed by atoms with Gasteiger partial charge in [0.2, 0.25) is 0 Å². The van der Waals surface area contributed by atoms with Gasteiger partial charge >= 0.3 is 17.9 Å². The molecule has 356 valence electrons. The van der Waals surface area contributed by atoms with Gasteiger partial charge in [-0.3, -0.25) is 14.4 Å². The number of hydrogen-bond donors (Lipinski definition) is 0. The topological polar surface area (TPSA) is 78.9 Å². The van der Waals surface area contributed by atoms with Gasteiger partial charge in [-0.2, -0.15) is 0 Å². The minimum atomic E-state index is -0.800. The molecule has 0 saturated heterocycles. The van der Waals surface area contributed by atoms with Crippen LogP contribution in [0.25, 0.3) is 0 Å². The fourth-order valence-corrected chi connectivity index (χ4v) is 6.52. The van der Waals surface area contributed by atoms with Crippen LogP contribution in [0.2, 0.25) is 0 Å². The summed E-state index contributed by atoms with van der Waals surface area (Å²) in [7, 11) is 0. The molecule has 1 atom stereocenters. The molecule has 63 heavy (non-hydrogen) atoms. The Hall–Kier alpha value is -3.93. The quantitative estimate of drug-likeness (QED) is 0.0199. The second-order valence-electron chi connectivity index (χ2n) is 16.5. The molecule has 6 nitrogen and oxygen atoms in total. The first-order valence-corrected chi connectivity index (χ1v) is 25.5. The number of hydrogen-bond acceptors (Lipinski definition) is 6. The third-order valence-corrected chi connectivity index (χ3v) is 10.3. The summed E-state index contributed by atoms with van der Waals surface area (Å²) in [6.45, 7) is 6.34.